The van der Waals surface area contributed by atoms with Crippen molar-refractivity contribution in [1.29, 1.82) is 0 Å². The monoisotopic (exact) mass is 486 g/mol. The van der Waals surface area contributed by atoms with E-state index < -0.39 is 29.0 Å². The molecule has 5 heteroatoms. The van der Waals surface area contributed by atoms with E-state index in [1.54, 1.807) is 6.92 Å². The summed E-state index contributed by atoms with van der Waals surface area (Å²) in [6.07, 6.45) is 8.46. The second-order valence-corrected chi connectivity index (χ2v) is 14.7. The van der Waals surface area contributed by atoms with Gasteiger partial charge in [0.05, 0.1) is 17.6 Å². The maximum Gasteiger partial charge on any atom is 0.312 e. The van der Waals surface area contributed by atoms with Crippen LogP contribution < -0.4 is 0 Å². The molecule has 4 fully saturated rings. The Bertz CT molecular complexity index is 968. The summed E-state index contributed by atoms with van der Waals surface area (Å²) in [4.78, 5) is 26.1. The molecule has 0 heterocycles. The summed E-state index contributed by atoms with van der Waals surface area (Å²) in [5.41, 5.74) is -0.490. The number of aliphatic hydroxyl groups is 2. The van der Waals surface area contributed by atoms with Gasteiger partial charge in [0, 0.05) is 11.3 Å². The first-order chi connectivity index (χ1) is 16.1. The fourth-order valence-corrected chi connectivity index (χ4v) is 10.9. The zero-order valence-electron chi connectivity index (χ0n) is 22.6. The maximum atomic E-state index is 13.6. The van der Waals surface area contributed by atoms with Crippen molar-refractivity contribution in [2.45, 2.75) is 112 Å². The maximum absolute atomic E-state index is 13.6. The molecule has 0 saturated heterocycles. The molecule has 0 amide bonds. The number of fused-ring (bicyclic) bond motifs is 6. The van der Waals surface area contributed by atoms with Gasteiger partial charge in [0.2, 0.25) is 0 Å². The first-order valence-electron chi connectivity index (χ1n) is 14.0. The molecule has 5 rings (SSSR count). The number of hydrogen-bond acceptors (Lipinski definition) is 4. The Balaban J connectivity index is 1.55. The van der Waals surface area contributed by atoms with Crippen molar-refractivity contribution in [3.05, 3.63) is 11.6 Å². The number of aliphatic hydroxyl groups excluding tert-OH is 2. The van der Waals surface area contributed by atoms with Gasteiger partial charge < -0.3 is 15.3 Å². The van der Waals surface area contributed by atoms with Crippen LogP contribution in [0.1, 0.15) is 99.3 Å². The molecule has 4 saturated carbocycles. The van der Waals surface area contributed by atoms with Gasteiger partial charge in [-0.3, -0.25) is 9.59 Å². The Labute approximate surface area is 210 Å². The van der Waals surface area contributed by atoms with Crippen molar-refractivity contribution in [3.63, 3.8) is 0 Å². The number of carbonyl (C=O) groups is 2. The highest BCUT2D eigenvalue weighted by Crippen LogP contribution is 2.70. The Morgan fingerprint density at radius 1 is 0.829 bits per heavy atom. The molecule has 0 bridgehead atoms. The third-order valence-electron chi connectivity index (χ3n) is 12.7. The van der Waals surface area contributed by atoms with Crippen molar-refractivity contribution >= 4 is 11.8 Å². The van der Waals surface area contributed by atoms with Crippen molar-refractivity contribution in [2.24, 2.45) is 50.7 Å². The minimum atomic E-state index is -1.11. The number of hydrogen-bond donors (Lipinski definition) is 3. The van der Waals surface area contributed by atoms with E-state index in [0.29, 0.717) is 18.3 Å². The Kier molecular flexibility index (Phi) is 5.57. The van der Waals surface area contributed by atoms with Crippen LogP contribution in [0.2, 0.25) is 0 Å². The quantitative estimate of drug-likeness (QED) is 0.462. The third-order valence-corrected chi connectivity index (χ3v) is 12.7. The Morgan fingerprint density at radius 2 is 1.46 bits per heavy atom. The van der Waals surface area contributed by atoms with Gasteiger partial charge >= 0.3 is 5.97 Å². The lowest BCUT2D eigenvalue weighted by molar-refractivity contribution is -0.199. The summed E-state index contributed by atoms with van der Waals surface area (Å²) in [7, 11) is 0. The number of carbonyl (C=O) groups excluding carboxylic acids is 1. The van der Waals surface area contributed by atoms with Crippen LogP contribution >= 0.6 is 0 Å². The molecule has 0 spiro atoms. The molecule has 196 valence electrons. The fraction of sp³-hybridized carbons (Fsp3) is 0.867. The Hall–Kier alpha value is -1.20. The molecule has 0 radical (unpaired) electrons. The molecule has 0 aromatic rings. The van der Waals surface area contributed by atoms with E-state index in [-0.39, 0.29) is 33.9 Å². The number of carboxylic acids is 1. The third kappa shape index (κ3) is 3.19. The average molecular weight is 487 g/mol. The van der Waals surface area contributed by atoms with Crippen molar-refractivity contribution in [1.82, 2.24) is 0 Å². The van der Waals surface area contributed by atoms with Gasteiger partial charge in [-0.15, -0.1) is 0 Å². The van der Waals surface area contributed by atoms with Crippen LogP contribution in [0.5, 0.6) is 0 Å². The van der Waals surface area contributed by atoms with Crippen molar-refractivity contribution in [2.75, 3.05) is 0 Å². The molecule has 0 aromatic carbocycles. The standard InChI is InChI=1S/C30H46O5/c1-26(2)22(32)10-13-28(4)18-7-8-20-27(3,16-17(18)15-19(31)24(26)28)12-9-21-29(20,5)14-11-23(33)30(21,6)25(34)35/h15,18,20-24,32-33H,7-14,16H2,1-6H3,(H,34,35). The second kappa shape index (κ2) is 7.66. The summed E-state index contributed by atoms with van der Waals surface area (Å²) >= 11 is 0. The van der Waals surface area contributed by atoms with Gasteiger partial charge in [-0.05, 0) is 105 Å². The van der Waals surface area contributed by atoms with Crippen LogP contribution in [0.25, 0.3) is 0 Å². The largest absolute Gasteiger partial charge is 0.481 e. The fourth-order valence-electron chi connectivity index (χ4n) is 10.9. The van der Waals surface area contributed by atoms with Crippen LogP contribution in [-0.4, -0.2) is 39.3 Å². The van der Waals surface area contributed by atoms with E-state index in [0.717, 1.165) is 51.4 Å². The Morgan fingerprint density at radius 3 is 2.11 bits per heavy atom. The van der Waals surface area contributed by atoms with Gasteiger partial charge in [0.15, 0.2) is 5.78 Å². The smallest absolute Gasteiger partial charge is 0.312 e. The minimum Gasteiger partial charge on any atom is -0.481 e. The molecular weight excluding hydrogens is 440 g/mol. The SMILES string of the molecule is CC12CCC3C(C)(CCC(O)C3(C)C(=O)O)C1CCC1C(=CC(=O)C3C(C)(C)C(O)CCC13C)C2. The number of aliphatic carboxylic acids is 1. The molecular formula is C30H46O5. The van der Waals surface area contributed by atoms with Crippen LogP contribution in [0.3, 0.4) is 0 Å². The molecule has 0 aromatic heterocycles. The van der Waals surface area contributed by atoms with Gasteiger partial charge in [-0.1, -0.05) is 40.2 Å². The molecule has 35 heavy (non-hydrogen) atoms. The summed E-state index contributed by atoms with van der Waals surface area (Å²) < 4.78 is 0. The number of allylic oxidation sites excluding steroid dienone is 2. The van der Waals surface area contributed by atoms with Crippen LogP contribution in [-0.2, 0) is 9.59 Å². The number of carboxylic acid groups (broad SMARTS) is 1. The highest BCUT2D eigenvalue weighted by atomic mass is 16.4. The molecule has 5 aliphatic carbocycles. The lowest BCUT2D eigenvalue weighted by Gasteiger charge is -2.63. The van der Waals surface area contributed by atoms with E-state index in [2.05, 4.69) is 34.6 Å². The van der Waals surface area contributed by atoms with Crippen molar-refractivity contribution < 1.29 is 24.9 Å². The summed E-state index contributed by atoms with van der Waals surface area (Å²) in [6.45, 7) is 12.9. The van der Waals surface area contributed by atoms with Crippen LogP contribution in [0.4, 0.5) is 0 Å². The summed E-state index contributed by atoms with van der Waals surface area (Å²) in [6, 6.07) is 0. The lowest BCUT2D eigenvalue weighted by atomic mass is 9.41. The zero-order valence-corrected chi connectivity index (χ0v) is 22.6. The van der Waals surface area contributed by atoms with Gasteiger partial charge in [0.1, 0.15) is 0 Å². The van der Waals surface area contributed by atoms with E-state index in [9.17, 15) is 24.9 Å². The van der Waals surface area contributed by atoms with Gasteiger partial charge in [-0.25, -0.2) is 0 Å². The van der Waals surface area contributed by atoms with Crippen LogP contribution in [0, 0.1) is 50.7 Å². The average Bonchev–Trinajstić information content (AvgIpc) is 2.90. The van der Waals surface area contributed by atoms with Gasteiger partial charge in [-0.2, -0.15) is 0 Å². The second-order valence-electron chi connectivity index (χ2n) is 14.7. The molecule has 3 N–H and O–H groups in total. The number of rotatable bonds is 1. The highest BCUT2D eigenvalue weighted by Gasteiger charge is 2.66. The molecule has 10 unspecified atom stereocenters. The van der Waals surface area contributed by atoms with E-state index in [4.69, 9.17) is 0 Å². The normalized spacial score (nSPS) is 53.3. The zero-order chi connectivity index (χ0) is 25.8. The van der Waals surface area contributed by atoms with E-state index >= 15 is 0 Å². The molecule has 10 atom stereocenters. The topological polar surface area (TPSA) is 94.8 Å². The molecule has 5 nitrogen and oxygen atoms in total. The highest BCUT2D eigenvalue weighted by molar-refractivity contribution is 5.95. The van der Waals surface area contributed by atoms with E-state index in [1.165, 1.54) is 5.57 Å². The molecule has 0 aliphatic heterocycles. The first-order valence-corrected chi connectivity index (χ1v) is 14.0. The predicted molar refractivity (Wildman–Crippen MR) is 134 cm³/mol. The van der Waals surface area contributed by atoms with Crippen LogP contribution in [0.15, 0.2) is 11.6 Å². The first kappa shape index (κ1) is 25.4. The lowest BCUT2D eigenvalue weighted by Crippen LogP contribution is -2.61. The predicted octanol–water partition coefficient (Wildman–Crippen LogP) is 5.38. The molecule has 5 aliphatic rings. The van der Waals surface area contributed by atoms with E-state index in [1.807, 2.05) is 6.08 Å². The minimum absolute atomic E-state index is 0.0285. The number of ketones is 1. The van der Waals surface area contributed by atoms with Gasteiger partial charge in [0.25, 0.3) is 0 Å². The summed E-state index contributed by atoms with van der Waals surface area (Å²) in [5.74, 6) is -0.171. The van der Waals surface area contributed by atoms with Crippen molar-refractivity contribution in [3.8, 4) is 0 Å². The summed E-state index contributed by atoms with van der Waals surface area (Å²) in [5, 5.41) is 31.9.